The summed E-state index contributed by atoms with van der Waals surface area (Å²) in [5.74, 6) is 0. The van der Waals surface area contributed by atoms with Crippen molar-refractivity contribution in [3.05, 3.63) is 64.6 Å². The van der Waals surface area contributed by atoms with E-state index in [0.29, 0.717) is 0 Å². The number of fused-ring (bicyclic) bond motifs is 1. The molecule has 0 aliphatic heterocycles. The zero-order chi connectivity index (χ0) is 11.7. The molecule has 1 atom stereocenters. The van der Waals surface area contributed by atoms with E-state index in [9.17, 15) is 5.11 Å². The summed E-state index contributed by atoms with van der Waals surface area (Å²) < 4.78 is 0. The molecule has 0 bridgehead atoms. The van der Waals surface area contributed by atoms with E-state index >= 15 is 0 Å². The van der Waals surface area contributed by atoms with Crippen LogP contribution in [0.2, 0.25) is 0 Å². The molecule has 2 nitrogen and oxygen atoms in total. The monoisotopic (exact) mass is 241 g/mol. The number of nitrogens with zero attached hydrogens (tertiary/aromatic N) is 1. The molecule has 0 aliphatic rings. The maximum absolute atomic E-state index is 10.2. The van der Waals surface area contributed by atoms with Crippen molar-refractivity contribution in [1.82, 2.24) is 4.98 Å². The van der Waals surface area contributed by atoms with Crippen LogP contribution in [0, 0.1) is 0 Å². The molecule has 0 fully saturated rings. The Morgan fingerprint density at radius 3 is 2.65 bits per heavy atom. The molecule has 1 unspecified atom stereocenters. The molecule has 3 heteroatoms. The molecule has 0 saturated carbocycles. The Morgan fingerprint density at radius 1 is 1.06 bits per heavy atom. The summed E-state index contributed by atoms with van der Waals surface area (Å²) in [6.45, 7) is 0. The number of rotatable bonds is 2. The Kier molecular flexibility index (Phi) is 2.63. The van der Waals surface area contributed by atoms with Gasteiger partial charge in [-0.15, -0.1) is 11.3 Å². The first-order chi connectivity index (χ1) is 8.34. The second kappa shape index (κ2) is 4.28. The van der Waals surface area contributed by atoms with Crippen LogP contribution in [0.4, 0.5) is 0 Å². The van der Waals surface area contributed by atoms with Gasteiger partial charge in [0.1, 0.15) is 11.1 Å². The Labute approximate surface area is 103 Å². The van der Waals surface area contributed by atoms with Crippen LogP contribution >= 0.6 is 11.3 Å². The van der Waals surface area contributed by atoms with Gasteiger partial charge in [-0.3, -0.25) is 0 Å². The lowest BCUT2D eigenvalue weighted by molar-refractivity contribution is 0.220. The minimum atomic E-state index is -0.625. The highest BCUT2D eigenvalue weighted by Crippen LogP contribution is 2.26. The van der Waals surface area contributed by atoms with E-state index in [1.54, 1.807) is 6.20 Å². The molecule has 84 valence electrons. The third kappa shape index (κ3) is 1.95. The standard InChI is InChI=1S/C14H11NOS/c16-13(14-15-7-8-17-14)12-6-5-10-3-1-2-4-11(10)9-12/h1-9,13,16H. The third-order valence-corrected chi connectivity index (χ3v) is 3.60. The zero-order valence-electron chi connectivity index (χ0n) is 9.08. The predicted molar refractivity (Wildman–Crippen MR) is 70.1 cm³/mol. The molecular formula is C14H11NOS. The number of benzene rings is 2. The van der Waals surface area contributed by atoms with Gasteiger partial charge in [0, 0.05) is 11.6 Å². The van der Waals surface area contributed by atoms with Gasteiger partial charge in [-0.05, 0) is 22.4 Å². The number of thiazole rings is 1. The van der Waals surface area contributed by atoms with Gasteiger partial charge >= 0.3 is 0 Å². The normalized spacial score (nSPS) is 12.8. The van der Waals surface area contributed by atoms with Crippen molar-refractivity contribution in [2.24, 2.45) is 0 Å². The predicted octanol–water partition coefficient (Wildman–Crippen LogP) is 3.38. The van der Waals surface area contributed by atoms with Crippen LogP contribution in [0.3, 0.4) is 0 Å². The molecule has 0 spiro atoms. The molecule has 0 amide bonds. The van der Waals surface area contributed by atoms with Gasteiger partial charge in [0.2, 0.25) is 0 Å². The van der Waals surface area contributed by atoms with Crippen molar-refractivity contribution in [2.45, 2.75) is 6.10 Å². The molecule has 1 heterocycles. The second-order valence-electron chi connectivity index (χ2n) is 3.88. The largest absolute Gasteiger partial charge is 0.381 e. The lowest BCUT2D eigenvalue weighted by Crippen LogP contribution is -1.98. The topological polar surface area (TPSA) is 33.1 Å². The molecule has 0 saturated heterocycles. The van der Waals surface area contributed by atoms with Crippen LogP contribution in [0.5, 0.6) is 0 Å². The van der Waals surface area contributed by atoms with Crippen molar-refractivity contribution in [1.29, 1.82) is 0 Å². The van der Waals surface area contributed by atoms with Gasteiger partial charge in [0.25, 0.3) is 0 Å². The Hall–Kier alpha value is -1.71. The maximum atomic E-state index is 10.2. The number of hydrogen-bond donors (Lipinski definition) is 1. The molecule has 2 aromatic carbocycles. The van der Waals surface area contributed by atoms with Crippen LogP contribution in [0.15, 0.2) is 54.0 Å². The maximum Gasteiger partial charge on any atom is 0.131 e. The van der Waals surface area contributed by atoms with E-state index in [4.69, 9.17) is 0 Å². The van der Waals surface area contributed by atoms with Crippen molar-refractivity contribution < 1.29 is 5.11 Å². The highest BCUT2D eigenvalue weighted by atomic mass is 32.1. The van der Waals surface area contributed by atoms with Crippen LogP contribution < -0.4 is 0 Å². The first-order valence-electron chi connectivity index (χ1n) is 5.41. The van der Waals surface area contributed by atoms with E-state index in [0.717, 1.165) is 16.0 Å². The summed E-state index contributed by atoms with van der Waals surface area (Å²) in [6, 6.07) is 14.1. The highest BCUT2D eigenvalue weighted by molar-refractivity contribution is 7.09. The minimum absolute atomic E-state index is 0.625. The highest BCUT2D eigenvalue weighted by Gasteiger charge is 2.12. The Balaban J connectivity index is 2.06. The van der Waals surface area contributed by atoms with Crippen molar-refractivity contribution in [2.75, 3.05) is 0 Å². The molecular weight excluding hydrogens is 230 g/mol. The fourth-order valence-corrected chi connectivity index (χ4v) is 2.54. The summed E-state index contributed by atoms with van der Waals surface area (Å²) >= 11 is 1.47. The van der Waals surface area contributed by atoms with Crippen LogP contribution in [0.25, 0.3) is 10.8 Å². The van der Waals surface area contributed by atoms with Gasteiger partial charge in [0.15, 0.2) is 0 Å². The summed E-state index contributed by atoms with van der Waals surface area (Å²) in [5, 5.41) is 15.1. The average molecular weight is 241 g/mol. The smallest absolute Gasteiger partial charge is 0.131 e. The van der Waals surface area contributed by atoms with Gasteiger partial charge in [0.05, 0.1) is 0 Å². The zero-order valence-corrected chi connectivity index (χ0v) is 9.89. The van der Waals surface area contributed by atoms with E-state index < -0.39 is 6.10 Å². The van der Waals surface area contributed by atoms with Gasteiger partial charge < -0.3 is 5.11 Å². The van der Waals surface area contributed by atoms with Gasteiger partial charge in [-0.25, -0.2) is 4.98 Å². The summed E-state index contributed by atoms with van der Waals surface area (Å²) in [5.41, 5.74) is 0.888. The lowest BCUT2D eigenvalue weighted by Gasteiger charge is -2.08. The molecule has 1 N–H and O–H groups in total. The molecule has 0 aliphatic carbocycles. The van der Waals surface area contributed by atoms with E-state index in [-0.39, 0.29) is 0 Å². The Morgan fingerprint density at radius 2 is 1.88 bits per heavy atom. The van der Waals surface area contributed by atoms with Crippen LogP contribution in [-0.2, 0) is 0 Å². The summed E-state index contributed by atoms with van der Waals surface area (Å²) in [6.07, 6.45) is 1.09. The molecule has 1 aromatic heterocycles. The second-order valence-corrected chi connectivity index (χ2v) is 4.81. The molecule has 0 radical (unpaired) electrons. The summed E-state index contributed by atoms with van der Waals surface area (Å²) in [7, 11) is 0. The first-order valence-corrected chi connectivity index (χ1v) is 6.29. The van der Waals surface area contributed by atoms with E-state index in [1.165, 1.54) is 16.7 Å². The average Bonchev–Trinajstić information content (AvgIpc) is 2.91. The quantitative estimate of drug-likeness (QED) is 0.746. The van der Waals surface area contributed by atoms with Crippen LogP contribution in [0.1, 0.15) is 16.7 Å². The summed E-state index contributed by atoms with van der Waals surface area (Å²) in [4.78, 5) is 4.14. The van der Waals surface area contributed by atoms with Crippen molar-refractivity contribution in [3.63, 3.8) is 0 Å². The Bertz CT molecular complexity index is 634. The number of aliphatic hydroxyl groups is 1. The first kappa shape index (κ1) is 10.4. The lowest BCUT2D eigenvalue weighted by atomic mass is 10.0. The molecule has 3 aromatic rings. The van der Waals surface area contributed by atoms with Crippen molar-refractivity contribution >= 4 is 22.1 Å². The molecule has 17 heavy (non-hydrogen) atoms. The fraction of sp³-hybridized carbons (Fsp3) is 0.0714. The SMILES string of the molecule is OC(c1ccc2ccccc2c1)c1nccs1. The van der Waals surface area contributed by atoms with E-state index in [2.05, 4.69) is 11.1 Å². The fourth-order valence-electron chi connectivity index (χ4n) is 1.89. The number of aliphatic hydroxyl groups excluding tert-OH is 1. The van der Waals surface area contributed by atoms with E-state index in [1.807, 2.05) is 41.8 Å². The van der Waals surface area contributed by atoms with Gasteiger partial charge in [-0.1, -0.05) is 36.4 Å². The third-order valence-electron chi connectivity index (χ3n) is 2.77. The van der Waals surface area contributed by atoms with Crippen molar-refractivity contribution in [3.8, 4) is 0 Å². The number of hydrogen-bond acceptors (Lipinski definition) is 3. The minimum Gasteiger partial charge on any atom is -0.381 e. The van der Waals surface area contributed by atoms with Crippen LogP contribution in [-0.4, -0.2) is 10.1 Å². The van der Waals surface area contributed by atoms with Gasteiger partial charge in [-0.2, -0.15) is 0 Å². The molecule has 3 rings (SSSR count). The number of aromatic nitrogens is 1.